The lowest BCUT2D eigenvalue weighted by molar-refractivity contribution is -0.118. The van der Waals surface area contributed by atoms with E-state index in [0.717, 1.165) is 23.0 Å². The van der Waals surface area contributed by atoms with Gasteiger partial charge in [0.25, 0.3) is 11.5 Å². The van der Waals surface area contributed by atoms with Gasteiger partial charge < -0.3 is 24.7 Å². The van der Waals surface area contributed by atoms with Crippen LogP contribution in [0.2, 0.25) is 0 Å². The van der Waals surface area contributed by atoms with Crippen LogP contribution in [0.1, 0.15) is 18.0 Å². The number of cyclic esters (lactones) is 1. The summed E-state index contributed by atoms with van der Waals surface area (Å²) < 4.78 is 12.6. The summed E-state index contributed by atoms with van der Waals surface area (Å²) in [6.07, 6.45) is 2.01. The molecule has 34 heavy (non-hydrogen) atoms. The first-order valence-corrected chi connectivity index (χ1v) is 11.2. The van der Waals surface area contributed by atoms with E-state index in [1.165, 1.54) is 11.1 Å². The van der Waals surface area contributed by atoms with Gasteiger partial charge in [-0.15, -0.1) is 0 Å². The van der Waals surface area contributed by atoms with E-state index >= 15 is 0 Å². The maximum atomic E-state index is 12.4. The minimum atomic E-state index is -0.475. The highest BCUT2D eigenvalue weighted by atomic mass is 16.6. The maximum absolute atomic E-state index is 12.4. The van der Waals surface area contributed by atoms with Gasteiger partial charge in [0, 0.05) is 6.54 Å². The Morgan fingerprint density at radius 2 is 2.09 bits per heavy atom. The molecule has 6 rings (SSSR count). The number of fused-ring (bicyclic) bond motifs is 1. The van der Waals surface area contributed by atoms with Crippen molar-refractivity contribution in [1.82, 2.24) is 19.9 Å². The summed E-state index contributed by atoms with van der Waals surface area (Å²) in [5.74, 6) is 0.876. The van der Waals surface area contributed by atoms with Crippen LogP contribution in [0.3, 0.4) is 0 Å². The molecule has 1 saturated heterocycles. The lowest BCUT2D eigenvalue weighted by atomic mass is 10.1. The Morgan fingerprint density at radius 1 is 1.18 bits per heavy atom. The lowest BCUT2D eigenvalue weighted by Gasteiger charge is -2.19. The summed E-state index contributed by atoms with van der Waals surface area (Å²) in [5.41, 5.74) is 2.79. The Labute approximate surface area is 193 Å². The van der Waals surface area contributed by atoms with E-state index in [0.29, 0.717) is 43.4 Å². The number of amides is 2. The van der Waals surface area contributed by atoms with Gasteiger partial charge in [-0.25, -0.2) is 14.8 Å². The van der Waals surface area contributed by atoms with E-state index in [9.17, 15) is 14.4 Å². The zero-order valence-electron chi connectivity index (χ0n) is 18.2. The van der Waals surface area contributed by atoms with E-state index in [1.54, 1.807) is 12.1 Å². The topological polar surface area (TPSA) is 128 Å². The van der Waals surface area contributed by atoms with Crippen LogP contribution in [0, 0.1) is 0 Å². The molecule has 0 unspecified atom stereocenters. The molecule has 1 aromatic carbocycles. The summed E-state index contributed by atoms with van der Waals surface area (Å²) in [6.45, 7) is 1.57. The van der Waals surface area contributed by atoms with Crippen molar-refractivity contribution >= 4 is 34.7 Å². The number of aromatic nitrogens is 3. The number of anilines is 2. The average Bonchev–Trinajstić information content (AvgIpc) is 3.40. The van der Waals surface area contributed by atoms with E-state index in [1.807, 2.05) is 22.8 Å². The van der Waals surface area contributed by atoms with Crippen molar-refractivity contribution in [3.63, 3.8) is 0 Å². The number of nitrogens with zero attached hydrogens (tertiary/aromatic N) is 4. The number of ether oxygens (including phenoxy) is 2. The molecule has 2 N–H and O–H groups in total. The molecule has 2 aromatic heterocycles. The van der Waals surface area contributed by atoms with Crippen LogP contribution in [0.5, 0.6) is 5.75 Å². The van der Waals surface area contributed by atoms with Gasteiger partial charge in [0.1, 0.15) is 11.9 Å². The summed E-state index contributed by atoms with van der Waals surface area (Å²) in [7, 11) is 0. The Balaban J connectivity index is 1.05. The van der Waals surface area contributed by atoms with Crippen LogP contribution in [0.15, 0.2) is 41.3 Å². The molecule has 3 aliphatic heterocycles. The molecule has 1 fully saturated rings. The van der Waals surface area contributed by atoms with Gasteiger partial charge in [0.15, 0.2) is 18.2 Å². The molecule has 11 nitrogen and oxygen atoms in total. The van der Waals surface area contributed by atoms with Crippen LogP contribution in [-0.4, -0.2) is 58.9 Å². The van der Waals surface area contributed by atoms with Crippen LogP contribution >= 0.6 is 0 Å². The van der Waals surface area contributed by atoms with E-state index in [-0.39, 0.29) is 30.2 Å². The highest BCUT2D eigenvalue weighted by Crippen LogP contribution is 2.31. The van der Waals surface area contributed by atoms with Crippen LogP contribution in [0.4, 0.5) is 16.4 Å². The minimum absolute atomic E-state index is 0.0233. The van der Waals surface area contributed by atoms with Gasteiger partial charge in [0.05, 0.1) is 29.8 Å². The molecule has 5 heterocycles. The molecule has 3 aliphatic rings. The third kappa shape index (κ3) is 3.54. The van der Waals surface area contributed by atoms with E-state index < -0.39 is 6.09 Å². The van der Waals surface area contributed by atoms with E-state index in [4.69, 9.17) is 9.47 Å². The SMILES string of the molecule is O=C1COc2ccc(N3C[C@H](CCNC[C@@H]4Cc5cccc6ncc(=O)n4c56)OC3=O)nc2N1. The number of benzene rings is 1. The first kappa shape index (κ1) is 20.6. The monoisotopic (exact) mass is 462 g/mol. The number of rotatable bonds is 6. The Kier molecular flexibility index (Phi) is 4.91. The predicted molar refractivity (Wildman–Crippen MR) is 122 cm³/mol. The standard InChI is InChI=1S/C23H22N6O5/c30-19-12-33-17-4-5-18(26-22(17)27-19)28-11-15(34-23(28)32)6-7-24-9-14-8-13-2-1-3-16-21(13)29(14)20(31)10-25-16/h1-5,10,14-15,24H,6-9,11-12H2,(H,26,27,30)/t14-,15-/m0/s1. The fourth-order valence-corrected chi connectivity index (χ4v) is 4.79. The van der Waals surface area contributed by atoms with Crippen molar-refractivity contribution in [2.75, 3.05) is 36.5 Å². The molecule has 11 heteroatoms. The van der Waals surface area contributed by atoms with Gasteiger partial charge in [-0.2, -0.15) is 0 Å². The lowest BCUT2D eigenvalue weighted by Crippen LogP contribution is -2.32. The number of nitrogens with one attached hydrogen (secondary N) is 2. The highest BCUT2D eigenvalue weighted by molar-refractivity contribution is 5.95. The fraction of sp³-hybridized carbons (Fsp3) is 0.348. The predicted octanol–water partition coefficient (Wildman–Crippen LogP) is 1.22. The largest absolute Gasteiger partial charge is 0.480 e. The molecule has 0 radical (unpaired) electrons. The van der Waals surface area contributed by atoms with Crippen LogP contribution in [0.25, 0.3) is 11.0 Å². The number of pyridine rings is 1. The number of hydrogen-bond donors (Lipinski definition) is 2. The molecule has 3 aromatic rings. The van der Waals surface area contributed by atoms with Gasteiger partial charge >= 0.3 is 6.09 Å². The fourth-order valence-electron chi connectivity index (χ4n) is 4.79. The Morgan fingerprint density at radius 3 is 3.00 bits per heavy atom. The number of hydrogen-bond acceptors (Lipinski definition) is 8. The van der Waals surface area contributed by atoms with Gasteiger partial charge in [-0.05, 0) is 43.1 Å². The zero-order valence-corrected chi connectivity index (χ0v) is 18.2. The molecule has 0 spiro atoms. The quantitative estimate of drug-likeness (QED) is 0.524. The second-order valence-electron chi connectivity index (χ2n) is 8.57. The van der Waals surface area contributed by atoms with Crippen molar-refractivity contribution < 1.29 is 19.1 Å². The first-order valence-electron chi connectivity index (χ1n) is 11.2. The molecule has 0 aliphatic carbocycles. The third-order valence-corrected chi connectivity index (χ3v) is 6.35. The van der Waals surface area contributed by atoms with Crippen LogP contribution in [-0.2, 0) is 16.0 Å². The normalized spacial score (nSPS) is 20.8. The summed E-state index contributed by atoms with van der Waals surface area (Å²) in [4.78, 5) is 46.4. The Hall–Kier alpha value is -3.99. The van der Waals surface area contributed by atoms with Gasteiger partial charge in [-0.3, -0.25) is 14.5 Å². The molecular weight excluding hydrogens is 440 g/mol. The van der Waals surface area contributed by atoms with Crippen molar-refractivity contribution in [3.05, 3.63) is 52.4 Å². The average molecular weight is 462 g/mol. The van der Waals surface area contributed by atoms with Crippen molar-refractivity contribution in [3.8, 4) is 5.75 Å². The summed E-state index contributed by atoms with van der Waals surface area (Å²) >= 11 is 0. The summed E-state index contributed by atoms with van der Waals surface area (Å²) in [6, 6.07) is 9.30. The van der Waals surface area contributed by atoms with Crippen molar-refractivity contribution in [2.45, 2.75) is 25.0 Å². The molecule has 174 valence electrons. The molecule has 0 saturated carbocycles. The third-order valence-electron chi connectivity index (χ3n) is 6.35. The van der Waals surface area contributed by atoms with Crippen molar-refractivity contribution in [2.24, 2.45) is 0 Å². The van der Waals surface area contributed by atoms with Crippen LogP contribution < -0.4 is 25.8 Å². The minimum Gasteiger partial charge on any atom is -0.480 e. The molecular formula is C23H22N6O5. The molecule has 2 atom stereocenters. The van der Waals surface area contributed by atoms with E-state index in [2.05, 4.69) is 20.6 Å². The number of carbonyl (C=O) groups excluding carboxylic acids is 2. The Bertz CT molecular complexity index is 1370. The smallest absolute Gasteiger partial charge is 0.415 e. The first-order chi connectivity index (χ1) is 16.6. The van der Waals surface area contributed by atoms with Crippen molar-refractivity contribution in [1.29, 1.82) is 0 Å². The van der Waals surface area contributed by atoms with Gasteiger partial charge in [0.2, 0.25) is 0 Å². The number of para-hydroxylation sites is 1. The maximum Gasteiger partial charge on any atom is 0.415 e. The van der Waals surface area contributed by atoms with Gasteiger partial charge in [-0.1, -0.05) is 12.1 Å². The second-order valence-corrected chi connectivity index (χ2v) is 8.57. The molecule has 2 amide bonds. The second kappa shape index (κ2) is 8.10. The zero-order chi connectivity index (χ0) is 23.2. The summed E-state index contributed by atoms with van der Waals surface area (Å²) in [5, 5.41) is 6.05. The number of carbonyl (C=O) groups is 2. The highest BCUT2D eigenvalue weighted by Gasteiger charge is 2.34. The molecule has 0 bridgehead atoms.